The molecule has 2 fully saturated rings. The number of methoxy groups -OCH3 is 1. The molecule has 5 rings (SSSR count). The van der Waals surface area contributed by atoms with E-state index in [0.29, 0.717) is 12.6 Å². The fraction of sp³-hybridized carbons (Fsp3) is 0.500. The first kappa shape index (κ1) is 23.9. The third kappa shape index (κ3) is 5.20. The molecule has 2 aromatic rings. The predicted octanol–water partition coefficient (Wildman–Crippen LogP) is 4.63. The summed E-state index contributed by atoms with van der Waals surface area (Å²) in [6, 6.07) is 13.8. The molecule has 1 amide bonds. The summed E-state index contributed by atoms with van der Waals surface area (Å²) >= 11 is 3.69. The number of fused-ring (bicyclic) bond motifs is 2. The van der Waals surface area contributed by atoms with Crippen molar-refractivity contribution in [3.8, 4) is 5.75 Å². The molecule has 182 valence electrons. The van der Waals surface area contributed by atoms with E-state index in [2.05, 4.69) is 52.5 Å². The van der Waals surface area contributed by atoms with Gasteiger partial charge in [-0.1, -0.05) is 17.8 Å². The minimum Gasteiger partial charge on any atom is -0.497 e. The van der Waals surface area contributed by atoms with Crippen LogP contribution in [-0.2, 0) is 11.2 Å². The van der Waals surface area contributed by atoms with Crippen molar-refractivity contribution < 1.29 is 14.3 Å². The van der Waals surface area contributed by atoms with E-state index in [-0.39, 0.29) is 6.09 Å². The molecule has 0 bridgehead atoms. The number of amides is 1. The zero-order valence-corrected chi connectivity index (χ0v) is 21.6. The number of carbonyl (C=O) groups is 1. The highest BCUT2D eigenvalue weighted by Crippen LogP contribution is 2.45. The van der Waals surface area contributed by atoms with E-state index < -0.39 is 0 Å². The molecule has 1 atom stereocenters. The Morgan fingerprint density at radius 2 is 1.91 bits per heavy atom. The van der Waals surface area contributed by atoms with E-state index in [1.165, 1.54) is 25.8 Å². The number of benzene rings is 2. The van der Waals surface area contributed by atoms with Crippen LogP contribution in [0.15, 0.2) is 51.1 Å². The Labute approximate surface area is 210 Å². The molecular weight excluding hydrogens is 466 g/mol. The summed E-state index contributed by atoms with van der Waals surface area (Å²) in [6.45, 7) is 7.37. The van der Waals surface area contributed by atoms with Crippen molar-refractivity contribution in [3.05, 3.63) is 47.5 Å². The summed E-state index contributed by atoms with van der Waals surface area (Å²) in [5, 5.41) is 0. The molecule has 3 heterocycles. The molecule has 0 aliphatic carbocycles. The van der Waals surface area contributed by atoms with E-state index in [1.54, 1.807) is 7.11 Å². The number of cyclic esters (lactones) is 1. The maximum absolute atomic E-state index is 11.6. The van der Waals surface area contributed by atoms with E-state index in [0.717, 1.165) is 64.4 Å². The maximum atomic E-state index is 11.6. The molecule has 34 heavy (non-hydrogen) atoms. The van der Waals surface area contributed by atoms with Crippen LogP contribution in [0.5, 0.6) is 5.75 Å². The second-order valence-electron chi connectivity index (χ2n) is 9.03. The molecule has 0 aromatic heterocycles. The van der Waals surface area contributed by atoms with Gasteiger partial charge in [0.15, 0.2) is 0 Å². The molecule has 2 saturated heterocycles. The average molecular weight is 500 g/mol. The summed E-state index contributed by atoms with van der Waals surface area (Å²) in [7, 11) is 1.74. The molecule has 6 nitrogen and oxygen atoms in total. The maximum Gasteiger partial charge on any atom is 0.409 e. The van der Waals surface area contributed by atoms with Gasteiger partial charge in [0.2, 0.25) is 0 Å². The van der Waals surface area contributed by atoms with E-state index >= 15 is 0 Å². The monoisotopic (exact) mass is 499 g/mol. The van der Waals surface area contributed by atoms with Gasteiger partial charge < -0.3 is 19.3 Å². The Hall–Kier alpha value is -1.87. The van der Waals surface area contributed by atoms with Gasteiger partial charge >= 0.3 is 6.09 Å². The van der Waals surface area contributed by atoms with Crippen molar-refractivity contribution in [3.63, 3.8) is 0 Å². The number of hydrogen-bond donors (Lipinski definition) is 0. The fourth-order valence-electron chi connectivity index (χ4n) is 5.11. The molecule has 3 aliphatic heterocycles. The van der Waals surface area contributed by atoms with Gasteiger partial charge in [0.25, 0.3) is 0 Å². The van der Waals surface area contributed by atoms with Crippen LogP contribution in [0.2, 0.25) is 0 Å². The van der Waals surface area contributed by atoms with Crippen molar-refractivity contribution in [1.29, 1.82) is 0 Å². The lowest BCUT2D eigenvalue weighted by Gasteiger charge is -2.40. The summed E-state index contributed by atoms with van der Waals surface area (Å²) in [6.07, 6.45) is 4.02. The lowest BCUT2D eigenvalue weighted by atomic mass is 9.96. The molecule has 0 saturated carbocycles. The zero-order valence-electron chi connectivity index (χ0n) is 20.0. The van der Waals surface area contributed by atoms with Gasteiger partial charge in [0, 0.05) is 53.5 Å². The SMILES string of the molecule is COc1ccc2c(c1)Sc1ccc(SC)cc1C(N1CCN(CCCN3CCOC3=O)CC1)C2. The minimum atomic E-state index is -0.155. The average Bonchev–Trinajstić information content (AvgIpc) is 3.20. The summed E-state index contributed by atoms with van der Waals surface area (Å²) in [5.41, 5.74) is 2.85. The van der Waals surface area contributed by atoms with E-state index in [9.17, 15) is 4.79 Å². The van der Waals surface area contributed by atoms with Crippen LogP contribution in [0.25, 0.3) is 0 Å². The summed E-state index contributed by atoms with van der Waals surface area (Å²) in [5.74, 6) is 0.919. The lowest BCUT2D eigenvalue weighted by molar-refractivity contribution is 0.0918. The molecule has 2 aromatic carbocycles. The van der Waals surface area contributed by atoms with Crippen molar-refractivity contribution in [2.45, 2.75) is 33.6 Å². The standard InChI is InChI=1S/C26H33N3O3S2/c1-31-20-5-4-19-16-23(22-18-21(33-2)6-7-24(22)34-25(19)17-20)28-12-10-27(11-13-28)8-3-9-29-14-15-32-26(29)30/h4-7,17-18,23H,3,8-16H2,1-2H3. The zero-order chi connectivity index (χ0) is 23.5. The van der Waals surface area contributed by atoms with Crippen molar-refractivity contribution >= 4 is 29.6 Å². The molecule has 8 heteroatoms. The topological polar surface area (TPSA) is 45.2 Å². The number of thioether (sulfide) groups is 1. The number of hydrogen-bond acceptors (Lipinski definition) is 7. The Morgan fingerprint density at radius 3 is 2.65 bits per heavy atom. The predicted molar refractivity (Wildman–Crippen MR) is 137 cm³/mol. The highest BCUT2D eigenvalue weighted by Gasteiger charge is 2.30. The first-order chi connectivity index (χ1) is 16.6. The molecular formula is C26H33N3O3S2. The molecule has 1 unspecified atom stereocenters. The smallest absolute Gasteiger partial charge is 0.409 e. The van der Waals surface area contributed by atoms with Gasteiger partial charge in [0.1, 0.15) is 12.4 Å². The van der Waals surface area contributed by atoms with Crippen LogP contribution < -0.4 is 4.74 Å². The minimum absolute atomic E-state index is 0.155. The Bertz CT molecular complexity index is 1030. The van der Waals surface area contributed by atoms with Crippen LogP contribution in [0.1, 0.15) is 23.6 Å². The number of ether oxygens (including phenoxy) is 2. The summed E-state index contributed by atoms with van der Waals surface area (Å²) < 4.78 is 10.5. The first-order valence-electron chi connectivity index (χ1n) is 12.1. The molecule has 3 aliphatic rings. The normalized spacial score (nSPS) is 21.1. The number of piperazine rings is 1. The van der Waals surface area contributed by atoms with Crippen molar-refractivity contribution in [2.75, 3.05) is 65.8 Å². The van der Waals surface area contributed by atoms with Gasteiger partial charge in [-0.2, -0.15) is 0 Å². The van der Waals surface area contributed by atoms with Gasteiger partial charge in [-0.3, -0.25) is 4.90 Å². The quantitative estimate of drug-likeness (QED) is 0.515. The Kier molecular flexibility index (Phi) is 7.58. The van der Waals surface area contributed by atoms with Gasteiger partial charge in [-0.05, 0) is 67.1 Å². The van der Waals surface area contributed by atoms with Crippen LogP contribution in [0.4, 0.5) is 4.79 Å². The highest BCUT2D eigenvalue weighted by atomic mass is 32.2. The van der Waals surface area contributed by atoms with Crippen molar-refractivity contribution in [2.24, 2.45) is 0 Å². The third-order valence-electron chi connectivity index (χ3n) is 7.08. The van der Waals surface area contributed by atoms with Gasteiger partial charge in [-0.25, -0.2) is 4.79 Å². The van der Waals surface area contributed by atoms with Crippen molar-refractivity contribution in [1.82, 2.24) is 14.7 Å². The number of carbonyl (C=O) groups excluding carboxylic acids is 1. The fourth-order valence-corrected chi connectivity index (χ4v) is 6.70. The first-order valence-corrected chi connectivity index (χ1v) is 14.1. The summed E-state index contributed by atoms with van der Waals surface area (Å²) in [4.78, 5) is 22.7. The second kappa shape index (κ2) is 10.8. The molecule has 0 radical (unpaired) electrons. The van der Waals surface area contributed by atoms with Crippen LogP contribution in [0.3, 0.4) is 0 Å². The van der Waals surface area contributed by atoms with Crippen LogP contribution >= 0.6 is 23.5 Å². The second-order valence-corrected chi connectivity index (χ2v) is 11.0. The Morgan fingerprint density at radius 1 is 1.06 bits per heavy atom. The van der Waals surface area contributed by atoms with Gasteiger partial charge in [-0.15, -0.1) is 11.8 Å². The lowest BCUT2D eigenvalue weighted by Crippen LogP contribution is -2.48. The molecule has 0 spiro atoms. The van der Waals surface area contributed by atoms with Crippen LogP contribution in [0, 0.1) is 0 Å². The van der Waals surface area contributed by atoms with E-state index in [1.807, 2.05) is 28.4 Å². The number of rotatable bonds is 7. The highest BCUT2D eigenvalue weighted by molar-refractivity contribution is 7.99. The molecule has 0 N–H and O–H groups in total. The Balaban J connectivity index is 1.28. The van der Waals surface area contributed by atoms with Gasteiger partial charge in [0.05, 0.1) is 13.7 Å². The largest absolute Gasteiger partial charge is 0.497 e. The van der Waals surface area contributed by atoms with Crippen LogP contribution in [-0.4, -0.2) is 86.6 Å². The van der Waals surface area contributed by atoms with E-state index in [4.69, 9.17) is 9.47 Å². The third-order valence-corrected chi connectivity index (χ3v) is 9.00. The number of nitrogens with zero attached hydrogens (tertiary/aromatic N) is 3.